The number of fused-ring (bicyclic) bond motifs is 3. The lowest BCUT2D eigenvalue weighted by atomic mass is 9.92. The lowest BCUT2D eigenvalue weighted by molar-refractivity contribution is 0.0985. The first-order valence-corrected chi connectivity index (χ1v) is 15.4. The van der Waals surface area contributed by atoms with E-state index >= 15 is 0 Å². The van der Waals surface area contributed by atoms with Crippen LogP contribution in [0.1, 0.15) is 48.5 Å². The molecule has 0 spiro atoms. The van der Waals surface area contributed by atoms with Gasteiger partial charge in [-0.25, -0.2) is 4.79 Å². The van der Waals surface area contributed by atoms with Gasteiger partial charge in [0.2, 0.25) is 0 Å². The molecule has 0 saturated carbocycles. The van der Waals surface area contributed by atoms with Gasteiger partial charge in [-0.15, -0.1) is 0 Å². The number of aromatic amines is 1. The maximum atomic E-state index is 13.5. The second-order valence-electron chi connectivity index (χ2n) is 11.0. The molecule has 0 aliphatic carbocycles. The van der Waals surface area contributed by atoms with Crippen molar-refractivity contribution in [1.29, 1.82) is 0 Å². The van der Waals surface area contributed by atoms with Crippen LogP contribution in [0.4, 0.5) is 4.79 Å². The standard InChI is InChI=1S/C33H35Cl2N3O4.H2O/c34-23-5-10-26(11-6-23)42-33(40)38-19-15-28-29-21-24(35)7-12-30(29)36-31(28)32(38)22-3-8-25(9-4-22)41-27-13-17-37(18-14-27)16-1-2-20-39;/h3-12,21,27,32,36,39H,1-2,13-20H2;1H2/t32-;/m0./s1. The number of aliphatic hydroxyl groups is 1. The third-order valence-electron chi connectivity index (χ3n) is 8.26. The van der Waals surface area contributed by atoms with Crippen molar-refractivity contribution < 1.29 is 24.9 Å². The predicted molar refractivity (Wildman–Crippen MR) is 170 cm³/mol. The molecule has 1 saturated heterocycles. The quantitative estimate of drug-likeness (QED) is 0.220. The van der Waals surface area contributed by atoms with Crippen LogP contribution in [0.2, 0.25) is 10.0 Å². The Morgan fingerprint density at radius 3 is 2.33 bits per heavy atom. The minimum absolute atomic E-state index is 0. The summed E-state index contributed by atoms with van der Waals surface area (Å²) >= 11 is 12.4. The molecule has 3 aromatic carbocycles. The van der Waals surface area contributed by atoms with E-state index < -0.39 is 6.09 Å². The Morgan fingerprint density at radius 1 is 0.907 bits per heavy atom. The van der Waals surface area contributed by atoms with Crippen LogP contribution in [0.3, 0.4) is 0 Å². The summed E-state index contributed by atoms with van der Waals surface area (Å²) in [5, 5.41) is 11.4. The highest BCUT2D eigenvalue weighted by Crippen LogP contribution is 2.40. The van der Waals surface area contributed by atoms with Crippen LogP contribution in [-0.4, -0.2) is 70.3 Å². The van der Waals surface area contributed by atoms with Gasteiger partial charge in [-0.2, -0.15) is 0 Å². The molecule has 228 valence electrons. The van der Waals surface area contributed by atoms with Crippen molar-refractivity contribution >= 4 is 40.2 Å². The van der Waals surface area contributed by atoms with Gasteiger partial charge in [-0.05, 0) is 104 Å². The van der Waals surface area contributed by atoms with E-state index in [1.54, 1.807) is 29.2 Å². The second-order valence-corrected chi connectivity index (χ2v) is 11.9. The molecule has 3 heterocycles. The van der Waals surface area contributed by atoms with Crippen LogP contribution in [0.15, 0.2) is 66.7 Å². The number of H-pyrrole nitrogens is 1. The number of hydrogen-bond donors (Lipinski definition) is 2. The summed E-state index contributed by atoms with van der Waals surface area (Å²) in [6, 6.07) is 20.4. The molecule has 1 amide bonds. The molecular formula is C33H37Cl2N3O5. The number of aliphatic hydroxyl groups excluding tert-OH is 1. The molecule has 0 bridgehead atoms. The van der Waals surface area contributed by atoms with Gasteiger partial charge in [0, 0.05) is 52.9 Å². The van der Waals surface area contributed by atoms with Crippen LogP contribution in [-0.2, 0) is 6.42 Å². The average molecular weight is 627 g/mol. The molecule has 4 N–H and O–H groups in total. The lowest BCUT2D eigenvalue weighted by Gasteiger charge is -2.35. The summed E-state index contributed by atoms with van der Waals surface area (Å²) in [5.74, 6) is 1.27. The van der Waals surface area contributed by atoms with Gasteiger partial charge < -0.3 is 29.9 Å². The number of aromatic nitrogens is 1. The zero-order valence-corrected chi connectivity index (χ0v) is 25.4. The van der Waals surface area contributed by atoms with Crippen molar-refractivity contribution in [2.45, 2.75) is 44.2 Å². The predicted octanol–water partition coefficient (Wildman–Crippen LogP) is 6.41. The number of ether oxygens (including phenoxy) is 2. The molecule has 43 heavy (non-hydrogen) atoms. The number of unbranched alkanes of at least 4 members (excludes halogenated alkanes) is 1. The number of benzene rings is 3. The van der Waals surface area contributed by atoms with E-state index in [1.807, 2.05) is 42.5 Å². The van der Waals surface area contributed by atoms with Gasteiger partial charge in [0.15, 0.2) is 0 Å². The summed E-state index contributed by atoms with van der Waals surface area (Å²) in [5.41, 5.74) is 4.09. The highest BCUT2D eigenvalue weighted by Gasteiger charge is 2.36. The first-order chi connectivity index (χ1) is 20.5. The van der Waals surface area contributed by atoms with Crippen LogP contribution in [0.5, 0.6) is 11.5 Å². The first kappa shape index (κ1) is 31.2. The average Bonchev–Trinajstić information content (AvgIpc) is 3.37. The van der Waals surface area contributed by atoms with Crippen molar-refractivity contribution in [2.75, 3.05) is 32.8 Å². The minimum Gasteiger partial charge on any atom is -0.490 e. The van der Waals surface area contributed by atoms with Crippen LogP contribution < -0.4 is 9.47 Å². The van der Waals surface area contributed by atoms with E-state index in [1.165, 1.54) is 5.56 Å². The Morgan fingerprint density at radius 2 is 1.60 bits per heavy atom. The Kier molecular flexibility index (Phi) is 10.2. The molecule has 1 aromatic heterocycles. The zero-order chi connectivity index (χ0) is 29.1. The second kappa shape index (κ2) is 14.0. The van der Waals surface area contributed by atoms with Gasteiger partial charge >= 0.3 is 6.09 Å². The van der Waals surface area contributed by atoms with Crippen molar-refractivity contribution in [3.8, 4) is 11.5 Å². The minimum atomic E-state index is -0.421. The highest BCUT2D eigenvalue weighted by molar-refractivity contribution is 6.31. The number of piperidine rings is 1. The van der Waals surface area contributed by atoms with E-state index in [0.717, 1.165) is 73.2 Å². The fourth-order valence-corrected chi connectivity index (χ4v) is 6.38. The molecule has 10 heteroatoms. The van der Waals surface area contributed by atoms with Crippen molar-refractivity contribution in [1.82, 2.24) is 14.8 Å². The molecule has 1 fully saturated rings. The van der Waals surface area contributed by atoms with Crippen LogP contribution in [0.25, 0.3) is 10.9 Å². The number of carbonyl (C=O) groups is 1. The van der Waals surface area contributed by atoms with E-state index in [9.17, 15) is 4.79 Å². The molecular weight excluding hydrogens is 589 g/mol. The Balaban J connectivity index is 0.00000368. The molecule has 2 aliphatic rings. The lowest BCUT2D eigenvalue weighted by Crippen LogP contribution is -2.42. The number of hydrogen-bond acceptors (Lipinski definition) is 5. The zero-order valence-electron chi connectivity index (χ0n) is 23.9. The Bertz CT molecular complexity index is 1520. The van der Waals surface area contributed by atoms with E-state index in [-0.39, 0.29) is 24.2 Å². The number of nitrogens with one attached hydrogen (secondary N) is 1. The Hall–Kier alpha value is -3.27. The van der Waals surface area contributed by atoms with Gasteiger partial charge in [0.1, 0.15) is 23.6 Å². The van der Waals surface area contributed by atoms with Crippen molar-refractivity contribution in [3.63, 3.8) is 0 Å². The first-order valence-electron chi connectivity index (χ1n) is 14.6. The summed E-state index contributed by atoms with van der Waals surface area (Å²) in [6.07, 6.45) is 4.28. The molecule has 0 unspecified atom stereocenters. The number of amides is 1. The number of likely N-dealkylation sites (tertiary alicyclic amines) is 1. The molecule has 4 aromatic rings. The normalized spacial score (nSPS) is 17.4. The third kappa shape index (κ3) is 7.11. The van der Waals surface area contributed by atoms with Gasteiger partial charge in [-0.1, -0.05) is 35.3 Å². The topological polar surface area (TPSA) is 110 Å². The van der Waals surface area contributed by atoms with E-state index in [2.05, 4.69) is 9.88 Å². The third-order valence-corrected chi connectivity index (χ3v) is 8.75. The number of nitrogens with zero attached hydrogens (tertiary/aromatic N) is 2. The molecule has 8 nitrogen and oxygen atoms in total. The van der Waals surface area contributed by atoms with Crippen molar-refractivity contribution in [3.05, 3.63) is 93.6 Å². The van der Waals surface area contributed by atoms with Crippen LogP contribution in [0, 0.1) is 0 Å². The number of halogens is 2. The summed E-state index contributed by atoms with van der Waals surface area (Å²) in [7, 11) is 0. The van der Waals surface area contributed by atoms with Crippen molar-refractivity contribution in [2.24, 2.45) is 0 Å². The highest BCUT2D eigenvalue weighted by atomic mass is 35.5. The van der Waals surface area contributed by atoms with Gasteiger partial charge in [0.25, 0.3) is 0 Å². The maximum absolute atomic E-state index is 13.5. The number of rotatable bonds is 8. The fourth-order valence-electron chi connectivity index (χ4n) is 6.09. The largest absolute Gasteiger partial charge is 0.490 e. The van der Waals surface area contributed by atoms with Crippen LogP contribution >= 0.6 is 23.2 Å². The van der Waals surface area contributed by atoms with Gasteiger partial charge in [-0.3, -0.25) is 4.90 Å². The van der Waals surface area contributed by atoms with Gasteiger partial charge in [0.05, 0.1) is 0 Å². The maximum Gasteiger partial charge on any atom is 0.416 e. The number of carbonyl (C=O) groups excluding carboxylic acids is 1. The molecule has 2 aliphatic heterocycles. The smallest absolute Gasteiger partial charge is 0.416 e. The monoisotopic (exact) mass is 625 g/mol. The summed E-state index contributed by atoms with van der Waals surface area (Å²) in [6.45, 7) is 3.80. The Labute approximate surface area is 261 Å². The fraction of sp³-hybridized carbons (Fsp3) is 0.364. The summed E-state index contributed by atoms with van der Waals surface area (Å²) in [4.78, 5) is 21.3. The van der Waals surface area contributed by atoms with E-state index in [4.69, 9.17) is 37.8 Å². The van der Waals surface area contributed by atoms with E-state index in [0.29, 0.717) is 28.8 Å². The molecule has 0 radical (unpaired) electrons. The SMILES string of the molecule is O.O=C(Oc1ccc(Cl)cc1)N1CCc2c([nH]c3ccc(Cl)cc23)[C@@H]1c1ccc(OC2CCN(CCCCO)CC2)cc1. The summed E-state index contributed by atoms with van der Waals surface area (Å²) < 4.78 is 12.1. The molecule has 6 rings (SSSR count). The molecule has 1 atom stereocenters.